The molecule has 142 valence electrons. The predicted octanol–water partition coefficient (Wildman–Crippen LogP) is 1.68. The van der Waals surface area contributed by atoms with Gasteiger partial charge >= 0.3 is 12.0 Å². The van der Waals surface area contributed by atoms with Crippen molar-refractivity contribution in [2.75, 3.05) is 11.9 Å². The van der Waals surface area contributed by atoms with Crippen molar-refractivity contribution in [3.8, 4) is 0 Å². The number of para-hydroxylation sites is 1. The normalized spacial score (nSPS) is 11.1. The number of urea groups is 1. The molecule has 0 aliphatic carbocycles. The fraction of sp³-hybridized carbons (Fsp3) is 0.222. The fourth-order valence-corrected chi connectivity index (χ4v) is 1.98. The molecule has 1 aromatic carbocycles. The van der Waals surface area contributed by atoms with Crippen LogP contribution in [-0.2, 0) is 14.3 Å². The summed E-state index contributed by atoms with van der Waals surface area (Å²) in [6.07, 6.45) is 0.0531. The van der Waals surface area contributed by atoms with E-state index in [1.165, 1.54) is 19.3 Å². The summed E-state index contributed by atoms with van der Waals surface area (Å²) < 4.78 is 9.84. The molecule has 9 nitrogen and oxygen atoms in total. The van der Waals surface area contributed by atoms with Crippen LogP contribution in [0.25, 0.3) is 0 Å². The van der Waals surface area contributed by atoms with Gasteiger partial charge in [0, 0.05) is 12.2 Å². The summed E-state index contributed by atoms with van der Waals surface area (Å²) in [4.78, 5) is 47.0. The lowest BCUT2D eigenvalue weighted by Gasteiger charge is -2.13. The first-order valence-electron chi connectivity index (χ1n) is 8.14. The molecule has 2 rings (SSSR count). The highest BCUT2D eigenvalue weighted by molar-refractivity contribution is 6.02. The predicted molar refractivity (Wildman–Crippen MR) is 94.8 cm³/mol. The molecule has 27 heavy (non-hydrogen) atoms. The number of esters is 1. The lowest BCUT2D eigenvalue weighted by molar-refractivity contribution is -0.154. The fourth-order valence-electron chi connectivity index (χ4n) is 1.98. The number of benzene rings is 1. The van der Waals surface area contributed by atoms with Crippen molar-refractivity contribution in [3.05, 3.63) is 54.5 Å². The first kappa shape index (κ1) is 19.7. The smallest absolute Gasteiger partial charge is 0.325 e. The van der Waals surface area contributed by atoms with Gasteiger partial charge in [0.25, 0.3) is 11.8 Å². The molecule has 2 aromatic rings. The molecule has 4 amide bonds. The molecule has 1 aromatic heterocycles. The summed E-state index contributed by atoms with van der Waals surface area (Å²) in [6, 6.07) is 10.9. The van der Waals surface area contributed by atoms with Gasteiger partial charge in [-0.3, -0.25) is 19.7 Å². The maximum atomic E-state index is 11.9. The largest absolute Gasteiger partial charge is 0.459 e. The molecular formula is C18H19N3O6. The summed E-state index contributed by atoms with van der Waals surface area (Å²) in [5.41, 5.74) is 0.514. The second kappa shape index (κ2) is 9.76. The molecule has 1 atom stereocenters. The SMILES string of the molecule is CC(OC(=O)CCNC(=O)c1ccco1)C(=O)NC(=O)Nc1ccccc1. The molecule has 1 unspecified atom stereocenters. The quantitative estimate of drug-likeness (QED) is 0.634. The zero-order chi connectivity index (χ0) is 19.6. The highest BCUT2D eigenvalue weighted by atomic mass is 16.5. The molecule has 3 N–H and O–H groups in total. The Morgan fingerprint density at radius 3 is 2.48 bits per heavy atom. The van der Waals surface area contributed by atoms with Gasteiger partial charge < -0.3 is 19.8 Å². The summed E-state index contributed by atoms with van der Waals surface area (Å²) in [6.45, 7) is 1.35. The minimum Gasteiger partial charge on any atom is -0.459 e. The second-order valence-corrected chi connectivity index (χ2v) is 5.42. The van der Waals surface area contributed by atoms with E-state index in [-0.39, 0.29) is 18.7 Å². The van der Waals surface area contributed by atoms with Crippen LogP contribution in [0.3, 0.4) is 0 Å². The average molecular weight is 373 g/mol. The minimum absolute atomic E-state index is 0.0151. The molecule has 0 saturated carbocycles. The average Bonchev–Trinajstić information content (AvgIpc) is 3.17. The first-order chi connectivity index (χ1) is 13.0. The van der Waals surface area contributed by atoms with Crippen LogP contribution in [0.1, 0.15) is 23.9 Å². The minimum atomic E-state index is -1.17. The van der Waals surface area contributed by atoms with Crippen LogP contribution in [0.2, 0.25) is 0 Å². The number of ether oxygens (including phenoxy) is 1. The van der Waals surface area contributed by atoms with Crippen molar-refractivity contribution in [1.29, 1.82) is 0 Å². The Hall–Kier alpha value is -3.62. The number of hydrogen-bond acceptors (Lipinski definition) is 6. The van der Waals surface area contributed by atoms with Crippen LogP contribution in [0.4, 0.5) is 10.5 Å². The van der Waals surface area contributed by atoms with E-state index >= 15 is 0 Å². The van der Waals surface area contributed by atoms with E-state index in [2.05, 4.69) is 16.0 Å². The molecule has 0 bridgehead atoms. The van der Waals surface area contributed by atoms with Crippen molar-refractivity contribution < 1.29 is 28.3 Å². The molecule has 0 fully saturated rings. The number of rotatable bonds is 7. The lowest BCUT2D eigenvalue weighted by atomic mass is 10.3. The lowest BCUT2D eigenvalue weighted by Crippen LogP contribution is -2.41. The van der Waals surface area contributed by atoms with E-state index in [4.69, 9.17) is 9.15 Å². The number of hydrogen-bond donors (Lipinski definition) is 3. The third kappa shape index (κ3) is 6.65. The van der Waals surface area contributed by atoms with Crippen LogP contribution in [0.5, 0.6) is 0 Å². The third-order valence-corrected chi connectivity index (χ3v) is 3.31. The van der Waals surface area contributed by atoms with E-state index in [0.29, 0.717) is 5.69 Å². The molecule has 9 heteroatoms. The van der Waals surface area contributed by atoms with Crippen molar-refractivity contribution in [2.45, 2.75) is 19.4 Å². The zero-order valence-corrected chi connectivity index (χ0v) is 14.6. The van der Waals surface area contributed by atoms with Gasteiger partial charge in [-0.1, -0.05) is 18.2 Å². The second-order valence-electron chi connectivity index (χ2n) is 5.42. The Morgan fingerprint density at radius 2 is 1.81 bits per heavy atom. The Bertz CT molecular complexity index is 789. The van der Waals surface area contributed by atoms with Gasteiger partial charge in [-0.2, -0.15) is 0 Å². The van der Waals surface area contributed by atoms with Gasteiger partial charge in [-0.25, -0.2) is 4.79 Å². The van der Waals surface area contributed by atoms with Crippen LogP contribution >= 0.6 is 0 Å². The van der Waals surface area contributed by atoms with Gasteiger partial charge in [-0.05, 0) is 31.2 Å². The number of nitrogens with one attached hydrogen (secondary N) is 3. The number of carbonyl (C=O) groups is 4. The Morgan fingerprint density at radius 1 is 1.07 bits per heavy atom. The summed E-state index contributed by atoms with van der Waals surface area (Å²) in [5, 5.41) is 7.03. The Kier molecular flexibility index (Phi) is 7.12. The van der Waals surface area contributed by atoms with Gasteiger partial charge in [0.05, 0.1) is 12.7 Å². The summed E-state index contributed by atoms with van der Waals surface area (Å²) >= 11 is 0. The van der Waals surface area contributed by atoms with E-state index in [9.17, 15) is 19.2 Å². The van der Waals surface area contributed by atoms with E-state index in [1.54, 1.807) is 36.4 Å². The molecule has 1 heterocycles. The first-order valence-corrected chi connectivity index (χ1v) is 8.14. The van der Waals surface area contributed by atoms with E-state index in [0.717, 1.165) is 0 Å². The van der Waals surface area contributed by atoms with E-state index in [1.807, 2.05) is 0 Å². The highest BCUT2D eigenvalue weighted by Gasteiger charge is 2.20. The van der Waals surface area contributed by atoms with Crippen LogP contribution in [-0.4, -0.2) is 36.5 Å². The molecule has 0 saturated heterocycles. The van der Waals surface area contributed by atoms with Crippen LogP contribution in [0, 0.1) is 0 Å². The number of carbonyl (C=O) groups excluding carboxylic acids is 4. The molecule has 0 spiro atoms. The van der Waals surface area contributed by atoms with Crippen molar-refractivity contribution in [1.82, 2.24) is 10.6 Å². The Balaban J connectivity index is 1.67. The van der Waals surface area contributed by atoms with Crippen molar-refractivity contribution >= 4 is 29.5 Å². The molecule has 0 aliphatic heterocycles. The number of furan rings is 1. The molecular weight excluding hydrogens is 354 g/mol. The van der Waals surface area contributed by atoms with Crippen molar-refractivity contribution in [2.24, 2.45) is 0 Å². The number of amides is 4. The van der Waals surface area contributed by atoms with Gasteiger partial charge in [-0.15, -0.1) is 0 Å². The number of imide groups is 1. The van der Waals surface area contributed by atoms with Crippen LogP contribution in [0.15, 0.2) is 53.1 Å². The monoisotopic (exact) mass is 373 g/mol. The Labute approximate surface area is 155 Å². The van der Waals surface area contributed by atoms with Gasteiger partial charge in [0.1, 0.15) is 0 Å². The highest BCUT2D eigenvalue weighted by Crippen LogP contribution is 2.04. The molecule has 0 radical (unpaired) electrons. The van der Waals surface area contributed by atoms with E-state index < -0.39 is 29.9 Å². The summed E-state index contributed by atoms with van der Waals surface area (Å²) in [7, 11) is 0. The standard InChI is InChI=1S/C18H19N3O6/c1-12(16(23)21-18(25)20-13-6-3-2-4-7-13)27-15(22)9-10-19-17(24)14-8-5-11-26-14/h2-8,11-12H,9-10H2,1H3,(H,19,24)(H2,20,21,23,25). The zero-order valence-electron chi connectivity index (χ0n) is 14.6. The van der Waals surface area contributed by atoms with Crippen LogP contribution < -0.4 is 16.0 Å². The van der Waals surface area contributed by atoms with Gasteiger partial charge in [0.15, 0.2) is 11.9 Å². The van der Waals surface area contributed by atoms with Gasteiger partial charge in [0.2, 0.25) is 0 Å². The molecule has 0 aliphatic rings. The third-order valence-electron chi connectivity index (χ3n) is 3.31. The topological polar surface area (TPSA) is 127 Å². The number of anilines is 1. The van der Waals surface area contributed by atoms with Crippen molar-refractivity contribution in [3.63, 3.8) is 0 Å². The maximum Gasteiger partial charge on any atom is 0.325 e. The summed E-state index contributed by atoms with van der Waals surface area (Å²) in [5.74, 6) is -1.80. The maximum absolute atomic E-state index is 11.9.